The van der Waals surface area contributed by atoms with Gasteiger partial charge in [0.15, 0.2) is 5.82 Å². The van der Waals surface area contributed by atoms with Crippen LogP contribution in [0.25, 0.3) is 22.3 Å². The van der Waals surface area contributed by atoms with Crippen molar-refractivity contribution in [2.45, 2.75) is 58.2 Å². The van der Waals surface area contributed by atoms with Gasteiger partial charge in [-0.3, -0.25) is 4.68 Å². The lowest BCUT2D eigenvalue weighted by atomic mass is 9.91. The van der Waals surface area contributed by atoms with E-state index in [4.69, 9.17) is 16.5 Å². The smallest absolute Gasteiger partial charge is 0.163 e. The van der Waals surface area contributed by atoms with E-state index in [1.165, 1.54) is 12.8 Å². The quantitative estimate of drug-likeness (QED) is 0.622. The van der Waals surface area contributed by atoms with Gasteiger partial charge in [-0.05, 0) is 18.8 Å². The molecule has 0 aliphatic heterocycles. The molecule has 1 aliphatic carbocycles. The van der Waals surface area contributed by atoms with Crippen LogP contribution in [0.4, 0.5) is 11.5 Å². The molecule has 0 amide bonds. The SMILES string of the molecule is CC(C)Cn1cc(-c2ncc3c(N)ncc(N[C@H]4CCCC[C@H]4N)c3n2)cn1. The summed E-state index contributed by atoms with van der Waals surface area (Å²) >= 11 is 0. The van der Waals surface area contributed by atoms with E-state index in [-0.39, 0.29) is 12.1 Å². The molecule has 1 fully saturated rings. The maximum Gasteiger partial charge on any atom is 0.163 e. The Balaban J connectivity index is 1.70. The van der Waals surface area contributed by atoms with Crippen molar-refractivity contribution in [2.24, 2.45) is 11.7 Å². The second-order valence-corrected chi connectivity index (χ2v) is 8.06. The number of nitrogens with one attached hydrogen (secondary N) is 1. The van der Waals surface area contributed by atoms with Gasteiger partial charge in [-0.2, -0.15) is 5.10 Å². The number of anilines is 2. The third-order valence-corrected chi connectivity index (χ3v) is 5.26. The topological polar surface area (TPSA) is 121 Å². The number of rotatable bonds is 5. The second-order valence-electron chi connectivity index (χ2n) is 8.06. The fourth-order valence-electron chi connectivity index (χ4n) is 3.78. The Morgan fingerprint density at radius 1 is 1.18 bits per heavy atom. The van der Waals surface area contributed by atoms with Crippen LogP contribution in [0.15, 0.2) is 24.8 Å². The number of pyridine rings is 1. The van der Waals surface area contributed by atoms with Crippen LogP contribution in [-0.2, 0) is 6.54 Å². The Labute approximate surface area is 164 Å². The first-order chi connectivity index (χ1) is 13.5. The summed E-state index contributed by atoms with van der Waals surface area (Å²) in [6.07, 6.45) is 11.7. The maximum absolute atomic E-state index is 6.31. The number of hydrogen-bond acceptors (Lipinski definition) is 7. The van der Waals surface area contributed by atoms with Crippen LogP contribution in [-0.4, -0.2) is 36.8 Å². The van der Waals surface area contributed by atoms with E-state index in [1.54, 1.807) is 18.6 Å². The van der Waals surface area contributed by atoms with Crippen LogP contribution in [0.2, 0.25) is 0 Å². The number of nitrogen functional groups attached to an aromatic ring is 1. The number of fused-ring (bicyclic) bond motifs is 1. The van der Waals surface area contributed by atoms with E-state index in [1.807, 2.05) is 10.9 Å². The monoisotopic (exact) mass is 380 g/mol. The van der Waals surface area contributed by atoms with E-state index in [0.29, 0.717) is 17.6 Å². The minimum atomic E-state index is 0.136. The van der Waals surface area contributed by atoms with Crippen LogP contribution in [0.5, 0.6) is 0 Å². The van der Waals surface area contributed by atoms with Crippen molar-refractivity contribution < 1.29 is 0 Å². The highest BCUT2D eigenvalue weighted by Gasteiger charge is 2.23. The largest absolute Gasteiger partial charge is 0.383 e. The molecule has 28 heavy (non-hydrogen) atoms. The van der Waals surface area contributed by atoms with Gasteiger partial charge in [0.05, 0.1) is 29.0 Å². The summed E-state index contributed by atoms with van der Waals surface area (Å²) in [7, 11) is 0. The molecule has 0 unspecified atom stereocenters. The molecule has 4 rings (SSSR count). The first kappa shape index (κ1) is 18.6. The molecule has 2 atom stereocenters. The van der Waals surface area contributed by atoms with Crippen molar-refractivity contribution in [1.29, 1.82) is 0 Å². The first-order valence-electron chi connectivity index (χ1n) is 9.97. The highest BCUT2D eigenvalue weighted by Crippen LogP contribution is 2.29. The number of nitrogens with two attached hydrogens (primary N) is 2. The van der Waals surface area contributed by atoms with Gasteiger partial charge in [-0.25, -0.2) is 15.0 Å². The van der Waals surface area contributed by atoms with Gasteiger partial charge < -0.3 is 16.8 Å². The van der Waals surface area contributed by atoms with Gasteiger partial charge in [0, 0.05) is 31.0 Å². The molecule has 0 spiro atoms. The average molecular weight is 381 g/mol. The lowest BCUT2D eigenvalue weighted by Gasteiger charge is -2.30. The molecular weight excluding hydrogens is 352 g/mol. The van der Waals surface area contributed by atoms with E-state index in [0.717, 1.165) is 41.5 Å². The molecule has 0 saturated heterocycles. The lowest BCUT2D eigenvalue weighted by molar-refractivity contribution is 0.404. The zero-order valence-electron chi connectivity index (χ0n) is 16.5. The number of hydrogen-bond donors (Lipinski definition) is 3. The minimum absolute atomic E-state index is 0.136. The molecule has 0 aromatic carbocycles. The molecule has 8 heteroatoms. The van der Waals surface area contributed by atoms with Crippen molar-refractivity contribution in [3.63, 3.8) is 0 Å². The van der Waals surface area contributed by atoms with Crippen molar-refractivity contribution in [2.75, 3.05) is 11.1 Å². The van der Waals surface area contributed by atoms with Crippen LogP contribution in [0, 0.1) is 5.92 Å². The van der Waals surface area contributed by atoms with Crippen LogP contribution < -0.4 is 16.8 Å². The normalized spacial score (nSPS) is 20.0. The highest BCUT2D eigenvalue weighted by atomic mass is 15.3. The lowest BCUT2D eigenvalue weighted by Crippen LogP contribution is -2.42. The van der Waals surface area contributed by atoms with Gasteiger partial charge >= 0.3 is 0 Å². The summed E-state index contributed by atoms with van der Waals surface area (Å²) in [4.78, 5) is 13.6. The summed E-state index contributed by atoms with van der Waals surface area (Å²) in [5, 5.41) is 8.72. The summed E-state index contributed by atoms with van der Waals surface area (Å²) in [5.41, 5.74) is 14.9. The highest BCUT2D eigenvalue weighted by molar-refractivity contribution is 5.96. The molecule has 0 bridgehead atoms. The standard InChI is InChI=1S/C20H28N8/c1-12(2)10-28-11-13(7-25-28)20-24-8-14-18(27-20)17(9-23-19(14)22)26-16-6-4-3-5-15(16)21/h7-9,11-12,15-16,26H,3-6,10,21H2,1-2H3,(H2,22,23)/t15-,16+/m1/s1. The first-order valence-corrected chi connectivity index (χ1v) is 9.97. The molecule has 8 nitrogen and oxygen atoms in total. The van der Waals surface area contributed by atoms with Crippen molar-refractivity contribution in [3.05, 3.63) is 24.8 Å². The van der Waals surface area contributed by atoms with E-state index < -0.39 is 0 Å². The van der Waals surface area contributed by atoms with Crippen molar-refractivity contribution in [1.82, 2.24) is 24.7 Å². The predicted octanol–water partition coefficient (Wildman–Crippen LogP) is 2.81. The van der Waals surface area contributed by atoms with E-state index in [2.05, 4.69) is 34.2 Å². The molecule has 0 radical (unpaired) electrons. The van der Waals surface area contributed by atoms with E-state index in [9.17, 15) is 0 Å². The molecule has 5 N–H and O–H groups in total. The van der Waals surface area contributed by atoms with Crippen LogP contribution in [0.1, 0.15) is 39.5 Å². The zero-order valence-corrected chi connectivity index (χ0v) is 16.5. The van der Waals surface area contributed by atoms with Crippen molar-refractivity contribution in [3.8, 4) is 11.4 Å². The third kappa shape index (κ3) is 3.77. The fraction of sp³-hybridized carbons (Fsp3) is 0.500. The Kier molecular flexibility index (Phi) is 5.13. The third-order valence-electron chi connectivity index (χ3n) is 5.26. The molecule has 3 aromatic heterocycles. The van der Waals surface area contributed by atoms with Gasteiger partial charge in [0.25, 0.3) is 0 Å². The average Bonchev–Trinajstić information content (AvgIpc) is 3.13. The summed E-state index contributed by atoms with van der Waals surface area (Å²) in [6, 6.07) is 0.353. The minimum Gasteiger partial charge on any atom is -0.383 e. The Bertz CT molecular complexity index is 964. The van der Waals surface area contributed by atoms with Gasteiger partial charge in [0.1, 0.15) is 11.3 Å². The Morgan fingerprint density at radius 2 is 2.00 bits per heavy atom. The fourth-order valence-corrected chi connectivity index (χ4v) is 3.78. The van der Waals surface area contributed by atoms with Gasteiger partial charge in [-0.15, -0.1) is 0 Å². The zero-order chi connectivity index (χ0) is 19.7. The Hall–Kier alpha value is -2.74. The molecule has 1 saturated carbocycles. The van der Waals surface area contributed by atoms with Crippen molar-refractivity contribution >= 4 is 22.4 Å². The predicted molar refractivity (Wildman–Crippen MR) is 112 cm³/mol. The molecule has 3 heterocycles. The number of aromatic nitrogens is 5. The summed E-state index contributed by atoms with van der Waals surface area (Å²) in [5.74, 6) is 1.58. The second kappa shape index (κ2) is 7.71. The molecule has 1 aliphatic rings. The maximum atomic E-state index is 6.31. The molecule has 148 valence electrons. The Morgan fingerprint density at radius 3 is 2.79 bits per heavy atom. The van der Waals surface area contributed by atoms with Gasteiger partial charge in [-0.1, -0.05) is 26.7 Å². The molecule has 3 aromatic rings. The number of nitrogens with zero attached hydrogens (tertiary/aromatic N) is 5. The summed E-state index contributed by atoms with van der Waals surface area (Å²) < 4.78 is 1.93. The summed E-state index contributed by atoms with van der Waals surface area (Å²) in [6.45, 7) is 5.19. The van der Waals surface area contributed by atoms with Crippen LogP contribution >= 0.6 is 0 Å². The van der Waals surface area contributed by atoms with Gasteiger partial charge in [0.2, 0.25) is 0 Å². The van der Waals surface area contributed by atoms with E-state index >= 15 is 0 Å². The molecular formula is C20H28N8. The van der Waals surface area contributed by atoms with Crippen LogP contribution in [0.3, 0.4) is 0 Å².